The van der Waals surface area contributed by atoms with Crippen LogP contribution in [0.5, 0.6) is 0 Å². The monoisotopic (exact) mass is 326 g/mol. The second kappa shape index (κ2) is 6.20. The number of carbonyl (C=O) groups is 1. The van der Waals surface area contributed by atoms with Gasteiger partial charge in [0.1, 0.15) is 5.69 Å². The van der Waals surface area contributed by atoms with Crippen molar-refractivity contribution in [1.29, 1.82) is 0 Å². The molecule has 0 spiro atoms. The summed E-state index contributed by atoms with van der Waals surface area (Å²) in [5.74, 6) is 0.291. The van der Waals surface area contributed by atoms with Gasteiger partial charge in [0.15, 0.2) is 9.84 Å². The molecule has 122 valence electrons. The fraction of sp³-hybridized carbons (Fsp3) is 0.643. The zero-order valence-corrected chi connectivity index (χ0v) is 14.1. The molecule has 0 radical (unpaired) electrons. The van der Waals surface area contributed by atoms with E-state index in [1.165, 1.54) is 4.90 Å². The molecule has 0 aromatic carbocycles. The summed E-state index contributed by atoms with van der Waals surface area (Å²) in [6.07, 6.45) is 0.478. The summed E-state index contributed by atoms with van der Waals surface area (Å²) >= 11 is 0. The molecular weight excluding hydrogens is 304 g/mol. The highest BCUT2D eigenvalue weighted by Gasteiger charge is 2.33. The number of hydrogen-bond acceptors (Lipinski definition) is 6. The molecule has 1 amide bonds. The minimum atomic E-state index is -3.03. The fourth-order valence-electron chi connectivity index (χ4n) is 2.43. The van der Waals surface area contributed by atoms with Crippen LogP contribution in [0.2, 0.25) is 0 Å². The summed E-state index contributed by atoms with van der Waals surface area (Å²) in [5.41, 5.74) is 0.969. The van der Waals surface area contributed by atoms with Gasteiger partial charge in [-0.1, -0.05) is 0 Å². The van der Waals surface area contributed by atoms with Gasteiger partial charge in [0, 0.05) is 24.8 Å². The maximum absolute atomic E-state index is 12.5. The van der Waals surface area contributed by atoms with E-state index in [0.717, 1.165) is 0 Å². The lowest BCUT2D eigenvalue weighted by Crippen LogP contribution is -2.38. The molecule has 1 aliphatic rings. The number of nitrogens with zero attached hydrogens (tertiary/aromatic N) is 3. The van der Waals surface area contributed by atoms with Gasteiger partial charge in [-0.2, -0.15) is 0 Å². The lowest BCUT2D eigenvalue weighted by Gasteiger charge is -2.23. The molecule has 0 bridgehead atoms. The molecule has 22 heavy (non-hydrogen) atoms. The number of amides is 1. The summed E-state index contributed by atoms with van der Waals surface area (Å²) in [6.45, 7) is 5.72. The van der Waals surface area contributed by atoms with Gasteiger partial charge in [-0.05, 0) is 33.3 Å². The highest BCUT2D eigenvalue weighted by atomic mass is 32.2. The minimum Gasteiger partial charge on any atom is -0.352 e. The van der Waals surface area contributed by atoms with E-state index in [1.54, 1.807) is 20.0 Å². The van der Waals surface area contributed by atoms with E-state index < -0.39 is 9.84 Å². The maximum Gasteiger partial charge on any atom is 0.272 e. The van der Waals surface area contributed by atoms with Crippen LogP contribution in [0.25, 0.3) is 0 Å². The maximum atomic E-state index is 12.5. The Morgan fingerprint density at radius 1 is 1.41 bits per heavy atom. The van der Waals surface area contributed by atoms with Crippen molar-refractivity contribution in [1.82, 2.24) is 14.9 Å². The quantitative estimate of drug-likeness (QED) is 0.882. The molecule has 1 aromatic rings. The Kier molecular flexibility index (Phi) is 4.69. The number of anilines is 1. The number of sulfone groups is 1. The lowest BCUT2D eigenvalue weighted by atomic mass is 10.2. The molecule has 1 N–H and O–H groups in total. The smallest absolute Gasteiger partial charge is 0.272 e. The molecule has 2 rings (SSSR count). The molecule has 8 heteroatoms. The van der Waals surface area contributed by atoms with Crippen molar-refractivity contribution >= 4 is 21.7 Å². The number of carbonyl (C=O) groups excluding carboxylic acids is 1. The average molecular weight is 326 g/mol. The van der Waals surface area contributed by atoms with E-state index in [0.29, 0.717) is 18.1 Å². The second-order valence-electron chi connectivity index (χ2n) is 5.99. The van der Waals surface area contributed by atoms with Gasteiger partial charge in [0.25, 0.3) is 5.91 Å². The van der Waals surface area contributed by atoms with Crippen molar-refractivity contribution < 1.29 is 13.2 Å². The van der Waals surface area contributed by atoms with Crippen LogP contribution < -0.4 is 5.32 Å². The fourth-order valence-corrected chi connectivity index (χ4v) is 4.20. The van der Waals surface area contributed by atoms with Gasteiger partial charge in [-0.15, -0.1) is 0 Å². The molecule has 1 unspecified atom stereocenters. The Hall–Kier alpha value is -1.70. The molecule has 0 aliphatic carbocycles. The van der Waals surface area contributed by atoms with Crippen molar-refractivity contribution in [2.45, 2.75) is 39.3 Å². The van der Waals surface area contributed by atoms with E-state index in [2.05, 4.69) is 15.3 Å². The van der Waals surface area contributed by atoms with Crippen LogP contribution in [0.1, 0.15) is 36.5 Å². The highest BCUT2D eigenvalue weighted by molar-refractivity contribution is 7.91. The molecule has 1 saturated heterocycles. The van der Waals surface area contributed by atoms with Gasteiger partial charge in [0.2, 0.25) is 5.95 Å². The summed E-state index contributed by atoms with van der Waals surface area (Å²) in [6, 6.07) is 1.49. The Morgan fingerprint density at radius 2 is 2.09 bits per heavy atom. The largest absolute Gasteiger partial charge is 0.352 e. The summed E-state index contributed by atoms with van der Waals surface area (Å²) in [4.78, 5) is 22.5. The summed E-state index contributed by atoms with van der Waals surface area (Å²) in [5, 5.41) is 3.07. The Balaban J connectivity index is 2.20. The number of nitrogens with one attached hydrogen (secondary N) is 1. The zero-order chi connectivity index (χ0) is 16.5. The Morgan fingerprint density at radius 3 is 2.64 bits per heavy atom. The first-order valence-corrected chi connectivity index (χ1v) is 9.10. The van der Waals surface area contributed by atoms with Gasteiger partial charge >= 0.3 is 0 Å². The summed E-state index contributed by atoms with van der Waals surface area (Å²) < 4.78 is 23.1. The molecule has 0 saturated carbocycles. The number of hydrogen-bond donors (Lipinski definition) is 1. The molecular formula is C14H22N4O3S. The number of aromatic nitrogens is 2. The van der Waals surface area contributed by atoms with E-state index in [4.69, 9.17) is 0 Å². The average Bonchev–Trinajstić information content (AvgIpc) is 2.76. The first kappa shape index (κ1) is 16.7. The molecule has 1 aromatic heterocycles. The van der Waals surface area contributed by atoms with Crippen molar-refractivity contribution in [3.05, 3.63) is 17.5 Å². The first-order chi connectivity index (χ1) is 10.2. The standard InChI is InChI=1S/C14H22N4O3S/c1-9(2)15-14-16-10(3)7-12(17-14)13(19)18(4)11-5-6-22(20,21)8-11/h7,9,11H,5-6,8H2,1-4H3,(H,15,16,17). The van der Waals surface area contributed by atoms with Gasteiger partial charge in [-0.25, -0.2) is 18.4 Å². The lowest BCUT2D eigenvalue weighted by molar-refractivity contribution is 0.0741. The molecule has 2 heterocycles. The van der Waals surface area contributed by atoms with Crippen LogP contribution in [-0.2, 0) is 9.84 Å². The van der Waals surface area contributed by atoms with Crippen LogP contribution in [0.4, 0.5) is 5.95 Å². The normalized spacial score (nSPS) is 20.1. The third-order valence-electron chi connectivity index (χ3n) is 3.57. The second-order valence-corrected chi connectivity index (χ2v) is 8.22. The van der Waals surface area contributed by atoms with Crippen LogP contribution >= 0.6 is 0 Å². The number of aryl methyl sites for hydroxylation is 1. The van der Waals surface area contributed by atoms with E-state index in [-0.39, 0.29) is 35.2 Å². The van der Waals surface area contributed by atoms with Crippen LogP contribution in [-0.4, -0.2) is 59.8 Å². The molecule has 7 nitrogen and oxygen atoms in total. The van der Waals surface area contributed by atoms with Crippen molar-refractivity contribution in [2.75, 3.05) is 23.9 Å². The van der Waals surface area contributed by atoms with E-state index >= 15 is 0 Å². The molecule has 1 fully saturated rings. The Labute approximate surface area is 131 Å². The van der Waals surface area contributed by atoms with Crippen molar-refractivity contribution in [2.24, 2.45) is 0 Å². The van der Waals surface area contributed by atoms with Crippen molar-refractivity contribution in [3.8, 4) is 0 Å². The third kappa shape index (κ3) is 3.94. The topological polar surface area (TPSA) is 92.3 Å². The molecule has 1 atom stereocenters. The first-order valence-electron chi connectivity index (χ1n) is 7.28. The van der Waals surface area contributed by atoms with Gasteiger partial charge in [0.05, 0.1) is 11.5 Å². The van der Waals surface area contributed by atoms with Crippen LogP contribution in [0.3, 0.4) is 0 Å². The predicted octanol–water partition coefficient (Wildman–Crippen LogP) is 0.864. The van der Waals surface area contributed by atoms with E-state index in [1.807, 2.05) is 13.8 Å². The Bertz CT molecular complexity index is 673. The summed E-state index contributed by atoms with van der Waals surface area (Å²) in [7, 11) is -1.40. The SMILES string of the molecule is Cc1cc(C(=O)N(C)C2CCS(=O)(=O)C2)nc(NC(C)C)n1. The number of rotatable bonds is 4. The predicted molar refractivity (Wildman–Crippen MR) is 84.7 cm³/mol. The molecule has 1 aliphatic heterocycles. The van der Waals surface area contributed by atoms with Crippen LogP contribution in [0, 0.1) is 6.92 Å². The van der Waals surface area contributed by atoms with Crippen LogP contribution in [0.15, 0.2) is 6.07 Å². The highest BCUT2D eigenvalue weighted by Crippen LogP contribution is 2.18. The third-order valence-corrected chi connectivity index (χ3v) is 5.32. The van der Waals surface area contributed by atoms with Crippen molar-refractivity contribution in [3.63, 3.8) is 0 Å². The van der Waals surface area contributed by atoms with E-state index in [9.17, 15) is 13.2 Å². The minimum absolute atomic E-state index is 0.0242. The zero-order valence-electron chi connectivity index (χ0n) is 13.3. The van der Waals surface area contributed by atoms with Gasteiger partial charge < -0.3 is 10.2 Å². The van der Waals surface area contributed by atoms with Gasteiger partial charge in [-0.3, -0.25) is 4.79 Å².